The van der Waals surface area contributed by atoms with Crippen molar-refractivity contribution in [2.75, 3.05) is 5.75 Å². The molecule has 7 heteroatoms. The van der Waals surface area contributed by atoms with Crippen LogP contribution in [0.15, 0.2) is 35.7 Å². The molecule has 0 radical (unpaired) electrons. The summed E-state index contributed by atoms with van der Waals surface area (Å²) in [5.74, 6) is 1.84. The van der Waals surface area contributed by atoms with Gasteiger partial charge in [-0.25, -0.2) is 0 Å². The van der Waals surface area contributed by atoms with Crippen LogP contribution in [0.3, 0.4) is 0 Å². The van der Waals surface area contributed by atoms with Crippen LogP contribution in [0, 0.1) is 0 Å². The van der Waals surface area contributed by atoms with Gasteiger partial charge in [0.25, 0.3) is 10.1 Å². The summed E-state index contributed by atoms with van der Waals surface area (Å²) in [6.07, 6.45) is 2.32. The van der Waals surface area contributed by atoms with Gasteiger partial charge < -0.3 is 0 Å². The molecule has 0 fully saturated rings. The number of aromatic nitrogens is 2. The summed E-state index contributed by atoms with van der Waals surface area (Å²) >= 11 is 1.81. The molecule has 0 atom stereocenters. The van der Waals surface area contributed by atoms with Crippen molar-refractivity contribution in [2.24, 2.45) is 0 Å². The number of rotatable bonds is 4. The van der Waals surface area contributed by atoms with E-state index in [1.165, 1.54) is 6.08 Å². The molecule has 0 bridgehead atoms. The van der Waals surface area contributed by atoms with Crippen molar-refractivity contribution in [1.82, 2.24) is 9.78 Å². The Bertz CT molecular complexity index is 796. The van der Waals surface area contributed by atoms with E-state index < -0.39 is 10.1 Å². The Kier molecular flexibility index (Phi) is 4.37. The number of hydrogen-bond acceptors (Lipinski definition) is 4. The van der Waals surface area contributed by atoms with Gasteiger partial charge in [0, 0.05) is 17.7 Å². The average molecular weight is 336 g/mol. The lowest BCUT2D eigenvalue weighted by Crippen LogP contribution is -2.04. The lowest BCUT2D eigenvalue weighted by molar-refractivity contribution is 0.494. The number of nitrogens with zero attached hydrogens (tertiary/aromatic N) is 2. The van der Waals surface area contributed by atoms with E-state index in [4.69, 9.17) is 4.55 Å². The number of thioether (sulfide) groups is 1. The van der Waals surface area contributed by atoms with Crippen molar-refractivity contribution in [3.8, 4) is 0 Å². The standard InChI is InChI=1S/C15H16N2O3S2/c18-22(19,20)9-7-15-13-11-21-8-6-14(13)16-17(15)10-12-4-2-1-3-5-12/h1-5,7,9H,6,8,10-11H2,(H,18,19,20). The number of fused-ring (bicyclic) bond motifs is 1. The van der Waals surface area contributed by atoms with Crippen molar-refractivity contribution in [1.29, 1.82) is 0 Å². The molecule has 3 rings (SSSR count). The SMILES string of the molecule is O=S(=O)(O)C=Cc1c2c(nn1Cc1ccccc1)CCSC2. The Labute approximate surface area is 133 Å². The van der Waals surface area contributed by atoms with E-state index >= 15 is 0 Å². The van der Waals surface area contributed by atoms with E-state index in [1.54, 1.807) is 11.8 Å². The summed E-state index contributed by atoms with van der Waals surface area (Å²) in [4.78, 5) is 0. The fraction of sp³-hybridized carbons (Fsp3) is 0.267. The minimum absolute atomic E-state index is 0.573. The second-order valence-corrected chi connectivity index (χ2v) is 7.48. The molecule has 0 saturated carbocycles. The van der Waals surface area contributed by atoms with Gasteiger partial charge in [-0.2, -0.15) is 25.3 Å². The zero-order valence-electron chi connectivity index (χ0n) is 11.8. The van der Waals surface area contributed by atoms with Crippen molar-refractivity contribution >= 4 is 28.0 Å². The van der Waals surface area contributed by atoms with Gasteiger partial charge in [-0.05, 0) is 17.4 Å². The van der Waals surface area contributed by atoms with Gasteiger partial charge in [0.2, 0.25) is 0 Å². The lowest BCUT2D eigenvalue weighted by Gasteiger charge is -2.09. The van der Waals surface area contributed by atoms with Crippen LogP contribution in [0.25, 0.3) is 6.08 Å². The summed E-state index contributed by atoms with van der Waals surface area (Å²) in [5.41, 5.74) is 3.93. The number of hydrogen-bond donors (Lipinski definition) is 1. The van der Waals surface area contributed by atoms with Crippen LogP contribution in [0.4, 0.5) is 0 Å². The lowest BCUT2D eigenvalue weighted by atomic mass is 10.1. The van der Waals surface area contributed by atoms with Crippen LogP contribution < -0.4 is 0 Å². The molecule has 1 aliphatic heterocycles. The molecule has 2 heterocycles. The molecule has 1 N–H and O–H groups in total. The Morgan fingerprint density at radius 2 is 2.09 bits per heavy atom. The number of benzene rings is 1. The summed E-state index contributed by atoms with van der Waals surface area (Å²) in [7, 11) is -4.14. The van der Waals surface area contributed by atoms with Crippen LogP contribution in [0.2, 0.25) is 0 Å². The third-order valence-corrected chi connectivity index (χ3v) is 4.95. The highest BCUT2D eigenvalue weighted by Gasteiger charge is 2.19. The predicted octanol–water partition coefficient (Wildman–Crippen LogP) is 2.58. The zero-order valence-corrected chi connectivity index (χ0v) is 13.5. The van der Waals surface area contributed by atoms with Gasteiger partial charge in [-0.15, -0.1) is 0 Å². The number of aryl methyl sites for hydroxylation is 1. The molecule has 0 unspecified atom stereocenters. The topological polar surface area (TPSA) is 72.2 Å². The van der Waals surface area contributed by atoms with Gasteiger partial charge in [-0.1, -0.05) is 30.3 Å². The molecule has 1 aromatic carbocycles. The normalized spacial score (nSPS) is 15.1. The molecule has 1 aliphatic rings. The minimum atomic E-state index is -4.14. The van der Waals surface area contributed by atoms with Crippen LogP contribution in [-0.2, 0) is 28.8 Å². The summed E-state index contributed by atoms with van der Waals surface area (Å²) in [6.45, 7) is 0.573. The van der Waals surface area contributed by atoms with Gasteiger partial charge in [0.1, 0.15) is 0 Å². The first-order chi connectivity index (χ1) is 10.5. The smallest absolute Gasteiger partial charge is 0.282 e. The average Bonchev–Trinajstić information content (AvgIpc) is 2.82. The van der Waals surface area contributed by atoms with Crippen molar-refractivity contribution in [3.63, 3.8) is 0 Å². The molecule has 1 aromatic heterocycles. The molecule has 0 amide bonds. The molecule has 0 saturated heterocycles. The van der Waals surface area contributed by atoms with E-state index in [0.29, 0.717) is 6.54 Å². The third kappa shape index (κ3) is 3.60. The van der Waals surface area contributed by atoms with Gasteiger partial charge >= 0.3 is 0 Å². The van der Waals surface area contributed by atoms with E-state index in [-0.39, 0.29) is 0 Å². The Balaban J connectivity index is 2.01. The second kappa shape index (κ2) is 6.28. The first-order valence-electron chi connectivity index (χ1n) is 6.89. The van der Waals surface area contributed by atoms with Crippen molar-refractivity contribution in [2.45, 2.75) is 18.7 Å². The maximum absolute atomic E-state index is 11.0. The Hall–Kier alpha value is -1.57. The minimum Gasteiger partial charge on any atom is -0.282 e. The maximum atomic E-state index is 11.0. The summed E-state index contributed by atoms with van der Waals surface area (Å²) in [6, 6.07) is 9.88. The van der Waals surface area contributed by atoms with E-state index in [0.717, 1.165) is 45.8 Å². The van der Waals surface area contributed by atoms with Crippen molar-refractivity contribution < 1.29 is 13.0 Å². The monoisotopic (exact) mass is 336 g/mol. The summed E-state index contributed by atoms with van der Waals surface area (Å²) in [5, 5.41) is 5.45. The molecule has 22 heavy (non-hydrogen) atoms. The fourth-order valence-electron chi connectivity index (χ4n) is 2.48. The van der Waals surface area contributed by atoms with Gasteiger partial charge in [-0.3, -0.25) is 9.23 Å². The highest BCUT2D eigenvalue weighted by Crippen LogP contribution is 2.28. The third-order valence-electron chi connectivity index (χ3n) is 3.48. The molecular weight excluding hydrogens is 320 g/mol. The van der Waals surface area contributed by atoms with Crippen LogP contribution in [0.5, 0.6) is 0 Å². The van der Waals surface area contributed by atoms with Gasteiger partial charge in [0.15, 0.2) is 0 Å². The highest BCUT2D eigenvalue weighted by molar-refractivity contribution is 7.98. The van der Waals surface area contributed by atoms with Crippen LogP contribution >= 0.6 is 11.8 Å². The van der Waals surface area contributed by atoms with Crippen LogP contribution in [-0.4, -0.2) is 28.5 Å². The quantitative estimate of drug-likeness (QED) is 0.869. The summed E-state index contributed by atoms with van der Waals surface area (Å²) < 4.78 is 32.8. The first-order valence-corrected chi connectivity index (χ1v) is 9.54. The zero-order chi connectivity index (χ0) is 15.6. The fourth-order valence-corrected chi connectivity index (χ4v) is 3.78. The van der Waals surface area contributed by atoms with E-state index in [2.05, 4.69) is 5.10 Å². The van der Waals surface area contributed by atoms with E-state index in [1.807, 2.05) is 35.0 Å². The van der Waals surface area contributed by atoms with Gasteiger partial charge in [0.05, 0.1) is 23.3 Å². The molecule has 2 aromatic rings. The van der Waals surface area contributed by atoms with Crippen LogP contribution in [0.1, 0.15) is 22.5 Å². The Morgan fingerprint density at radius 3 is 2.82 bits per heavy atom. The van der Waals surface area contributed by atoms with Crippen molar-refractivity contribution in [3.05, 3.63) is 58.3 Å². The Morgan fingerprint density at radius 1 is 1.32 bits per heavy atom. The second-order valence-electron chi connectivity index (χ2n) is 5.07. The molecule has 5 nitrogen and oxygen atoms in total. The molecule has 116 valence electrons. The predicted molar refractivity (Wildman–Crippen MR) is 88.2 cm³/mol. The highest BCUT2D eigenvalue weighted by atomic mass is 32.2. The maximum Gasteiger partial charge on any atom is 0.287 e. The molecule has 0 spiro atoms. The van der Waals surface area contributed by atoms with E-state index in [9.17, 15) is 8.42 Å². The molecule has 0 aliphatic carbocycles. The largest absolute Gasteiger partial charge is 0.287 e. The first kappa shape index (κ1) is 15.3. The molecular formula is C15H16N2O3S2.